The highest BCUT2D eigenvalue weighted by atomic mass is 79.9. The largest absolute Gasteiger partial charge is 0.388 e. The van der Waals surface area contributed by atoms with E-state index in [4.69, 9.17) is 4.74 Å². The van der Waals surface area contributed by atoms with Crippen LogP contribution in [-0.2, 0) is 4.74 Å². The Labute approximate surface area is 109 Å². The molecule has 1 aromatic carbocycles. The highest BCUT2D eigenvalue weighted by Gasteiger charge is 2.19. The molecule has 0 amide bonds. The molecule has 2 atom stereocenters. The topological polar surface area (TPSA) is 29.5 Å². The van der Waals surface area contributed by atoms with Crippen molar-refractivity contribution < 1.29 is 14.2 Å². The number of hydrogen-bond donors (Lipinski definition) is 1. The standard InChI is InChI=1S/C13H16BrFO2/c14-9-3-5-11(12(15)8-9)13(16)6-4-10-2-1-7-17-10/h3,5,8,10,13,16H,1-2,4,6-7H2. The van der Waals surface area contributed by atoms with Crippen LogP contribution in [0.3, 0.4) is 0 Å². The third-order valence-electron chi connectivity index (χ3n) is 3.11. The Morgan fingerprint density at radius 1 is 1.53 bits per heavy atom. The number of aliphatic hydroxyl groups excluding tert-OH is 1. The highest BCUT2D eigenvalue weighted by Crippen LogP contribution is 2.26. The Balaban J connectivity index is 1.91. The third kappa shape index (κ3) is 3.50. The number of hydrogen-bond acceptors (Lipinski definition) is 2. The fourth-order valence-corrected chi connectivity index (χ4v) is 2.48. The lowest BCUT2D eigenvalue weighted by Crippen LogP contribution is -2.08. The summed E-state index contributed by atoms with van der Waals surface area (Å²) in [5.41, 5.74) is 0.367. The first kappa shape index (κ1) is 13.0. The molecular formula is C13H16BrFO2. The SMILES string of the molecule is OC(CCC1CCCO1)c1ccc(Br)cc1F. The van der Waals surface area contributed by atoms with Gasteiger partial charge in [0.25, 0.3) is 0 Å². The van der Waals surface area contributed by atoms with Gasteiger partial charge in [-0.25, -0.2) is 4.39 Å². The van der Waals surface area contributed by atoms with Gasteiger partial charge in [-0.15, -0.1) is 0 Å². The predicted octanol–water partition coefficient (Wildman–Crippen LogP) is 3.58. The second-order valence-electron chi connectivity index (χ2n) is 4.39. The van der Waals surface area contributed by atoms with Crippen LogP contribution in [0, 0.1) is 5.82 Å². The van der Waals surface area contributed by atoms with Crippen molar-refractivity contribution in [2.24, 2.45) is 0 Å². The van der Waals surface area contributed by atoms with E-state index in [1.54, 1.807) is 12.1 Å². The van der Waals surface area contributed by atoms with E-state index in [1.807, 2.05) is 0 Å². The van der Waals surface area contributed by atoms with E-state index >= 15 is 0 Å². The molecule has 1 aliphatic rings. The van der Waals surface area contributed by atoms with Crippen molar-refractivity contribution in [3.05, 3.63) is 34.1 Å². The Kier molecular flexibility index (Phi) is 4.54. The minimum absolute atomic E-state index is 0.239. The van der Waals surface area contributed by atoms with E-state index in [2.05, 4.69) is 15.9 Å². The molecule has 4 heteroatoms. The summed E-state index contributed by atoms with van der Waals surface area (Å²) in [7, 11) is 0. The molecule has 1 N–H and O–H groups in total. The van der Waals surface area contributed by atoms with Crippen molar-refractivity contribution in [2.45, 2.75) is 37.9 Å². The van der Waals surface area contributed by atoms with E-state index in [9.17, 15) is 9.50 Å². The van der Waals surface area contributed by atoms with Gasteiger partial charge in [-0.1, -0.05) is 22.0 Å². The minimum atomic E-state index is -0.743. The Hall–Kier alpha value is -0.450. The molecule has 2 nitrogen and oxygen atoms in total. The van der Waals surface area contributed by atoms with Crippen molar-refractivity contribution in [3.63, 3.8) is 0 Å². The summed E-state index contributed by atoms with van der Waals surface area (Å²) in [6.45, 7) is 0.813. The van der Waals surface area contributed by atoms with Crippen molar-refractivity contribution >= 4 is 15.9 Å². The van der Waals surface area contributed by atoms with Gasteiger partial charge in [0.2, 0.25) is 0 Å². The van der Waals surface area contributed by atoms with Gasteiger partial charge in [0.1, 0.15) is 5.82 Å². The molecule has 0 aliphatic carbocycles. The van der Waals surface area contributed by atoms with Crippen molar-refractivity contribution in [1.29, 1.82) is 0 Å². The first-order chi connectivity index (χ1) is 8.16. The number of halogens is 2. The second kappa shape index (κ2) is 5.94. The molecule has 1 aliphatic heterocycles. The summed E-state index contributed by atoms with van der Waals surface area (Å²) >= 11 is 3.20. The average molecular weight is 303 g/mol. The molecule has 0 saturated carbocycles. The van der Waals surface area contributed by atoms with Crippen LogP contribution in [0.4, 0.5) is 4.39 Å². The molecule has 0 bridgehead atoms. The highest BCUT2D eigenvalue weighted by molar-refractivity contribution is 9.10. The van der Waals surface area contributed by atoms with Gasteiger partial charge in [0.15, 0.2) is 0 Å². The summed E-state index contributed by atoms with van der Waals surface area (Å²) in [5.74, 6) is -0.362. The Morgan fingerprint density at radius 3 is 3.00 bits per heavy atom. The molecule has 2 unspecified atom stereocenters. The lowest BCUT2D eigenvalue weighted by atomic mass is 10.0. The summed E-state index contributed by atoms with van der Waals surface area (Å²) in [5, 5.41) is 9.94. The van der Waals surface area contributed by atoms with E-state index in [-0.39, 0.29) is 11.9 Å². The number of rotatable bonds is 4. The maximum Gasteiger partial charge on any atom is 0.130 e. The quantitative estimate of drug-likeness (QED) is 0.921. The first-order valence-corrected chi connectivity index (χ1v) is 6.70. The van der Waals surface area contributed by atoms with Crippen LogP contribution in [0.5, 0.6) is 0 Å². The van der Waals surface area contributed by atoms with Crippen LogP contribution in [0.25, 0.3) is 0 Å². The summed E-state index contributed by atoms with van der Waals surface area (Å²) < 4.78 is 19.7. The predicted molar refractivity (Wildman–Crippen MR) is 67.3 cm³/mol. The molecule has 1 aromatic rings. The van der Waals surface area contributed by atoms with Crippen LogP contribution in [0.15, 0.2) is 22.7 Å². The molecule has 0 spiro atoms. The third-order valence-corrected chi connectivity index (χ3v) is 3.60. The van der Waals surface area contributed by atoms with Crippen molar-refractivity contribution in [3.8, 4) is 0 Å². The number of aliphatic hydroxyl groups is 1. The monoisotopic (exact) mass is 302 g/mol. The molecule has 94 valence electrons. The van der Waals surface area contributed by atoms with Gasteiger partial charge in [-0.3, -0.25) is 0 Å². The van der Waals surface area contributed by atoms with E-state index in [0.717, 1.165) is 25.9 Å². The normalized spacial score (nSPS) is 21.7. The molecule has 1 saturated heterocycles. The molecular weight excluding hydrogens is 287 g/mol. The van der Waals surface area contributed by atoms with Gasteiger partial charge in [-0.2, -0.15) is 0 Å². The summed E-state index contributed by atoms with van der Waals surface area (Å²) in [6.07, 6.45) is 2.97. The van der Waals surface area contributed by atoms with Gasteiger partial charge in [0.05, 0.1) is 12.2 Å². The maximum atomic E-state index is 13.6. The summed E-state index contributed by atoms with van der Waals surface area (Å²) in [4.78, 5) is 0. The molecule has 0 radical (unpaired) electrons. The fourth-order valence-electron chi connectivity index (χ4n) is 2.14. The number of benzene rings is 1. The zero-order valence-corrected chi connectivity index (χ0v) is 11.1. The Morgan fingerprint density at radius 2 is 2.35 bits per heavy atom. The molecule has 0 aromatic heterocycles. The van der Waals surface area contributed by atoms with E-state index in [1.165, 1.54) is 6.07 Å². The lowest BCUT2D eigenvalue weighted by Gasteiger charge is -2.14. The smallest absolute Gasteiger partial charge is 0.130 e. The molecule has 1 heterocycles. The average Bonchev–Trinajstić information content (AvgIpc) is 2.78. The van der Waals surface area contributed by atoms with Gasteiger partial charge < -0.3 is 9.84 Å². The van der Waals surface area contributed by atoms with Gasteiger partial charge >= 0.3 is 0 Å². The zero-order valence-electron chi connectivity index (χ0n) is 9.53. The maximum absolute atomic E-state index is 13.6. The summed E-state index contributed by atoms with van der Waals surface area (Å²) in [6, 6.07) is 4.75. The molecule has 1 fully saturated rings. The van der Waals surface area contributed by atoms with Gasteiger partial charge in [0, 0.05) is 16.6 Å². The Bertz CT molecular complexity index is 378. The lowest BCUT2D eigenvalue weighted by molar-refractivity contribution is 0.0803. The first-order valence-electron chi connectivity index (χ1n) is 5.91. The van der Waals surface area contributed by atoms with Crippen molar-refractivity contribution in [2.75, 3.05) is 6.61 Å². The van der Waals surface area contributed by atoms with Gasteiger partial charge in [-0.05, 0) is 37.8 Å². The van der Waals surface area contributed by atoms with Crippen LogP contribution in [0.2, 0.25) is 0 Å². The zero-order chi connectivity index (χ0) is 12.3. The number of ether oxygens (including phenoxy) is 1. The van der Waals surface area contributed by atoms with E-state index in [0.29, 0.717) is 16.5 Å². The minimum Gasteiger partial charge on any atom is -0.388 e. The van der Waals surface area contributed by atoms with Crippen LogP contribution < -0.4 is 0 Å². The van der Waals surface area contributed by atoms with E-state index < -0.39 is 6.10 Å². The molecule has 17 heavy (non-hydrogen) atoms. The fraction of sp³-hybridized carbons (Fsp3) is 0.538. The van der Waals surface area contributed by atoms with Crippen LogP contribution >= 0.6 is 15.9 Å². The van der Waals surface area contributed by atoms with Crippen LogP contribution in [0.1, 0.15) is 37.4 Å². The second-order valence-corrected chi connectivity index (χ2v) is 5.31. The van der Waals surface area contributed by atoms with Crippen molar-refractivity contribution in [1.82, 2.24) is 0 Å². The van der Waals surface area contributed by atoms with Crippen LogP contribution in [-0.4, -0.2) is 17.8 Å². The molecule has 2 rings (SSSR count).